The van der Waals surface area contributed by atoms with E-state index in [0.29, 0.717) is 12.0 Å². The topological polar surface area (TPSA) is 143 Å². The number of alkyl halides is 6. The number of hydrogen-bond acceptors (Lipinski definition) is 6. The lowest BCUT2D eigenvalue weighted by atomic mass is 9.98. The standard InChI is InChI=1S/C29H19F3N6O2.C2HF3O2/c1-16-2-4-20(10-24(16)17-3-5-23-25-11-33-14-34-27(25)37-26(23)8-17)36-28(40)18-6-19(29(30,31)32)9-22(7-18)38-12-21(13-39)35-15-38;3-2(4,5)1(6)7/h2-15H,1H3,(H,36,40)(H,33,34,37);(H,6,7). The van der Waals surface area contributed by atoms with E-state index < -0.39 is 29.8 Å². The molecule has 0 saturated heterocycles. The number of nitrogens with zero attached hydrogens (tertiary/aromatic N) is 4. The molecule has 0 radical (unpaired) electrons. The van der Waals surface area contributed by atoms with Crippen LogP contribution in [0.2, 0.25) is 0 Å². The average Bonchev–Trinajstić information content (AvgIpc) is 3.66. The van der Waals surface area contributed by atoms with Crippen molar-refractivity contribution >= 4 is 45.8 Å². The van der Waals surface area contributed by atoms with E-state index in [1.165, 1.54) is 29.5 Å². The summed E-state index contributed by atoms with van der Waals surface area (Å²) in [5.41, 5.74) is 3.57. The number of carbonyl (C=O) groups is 3. The Bertz CT molecular complexity index is 2150. The van der Waals surface area contributed by atoms with Crippen molar-refractivity contribution in [2.45, 2.75) is 19.3 Å². The number of H-pyrrole nitrogens is 1. The van der Waals surface area contributed by atoms with Gasteiger partial charge in [0.2, 0.25) is 0 Å². The zero-order valence-corrected chi connectivity index (χ0v) is 23.8. The fourth-order valence-corrected chi connectivity index (χ4v) is 4.61. The number of imidazole rings is 1. The quantitative estimate of drug-likeness (QED) is 0.134. The first-order valence-corrected chi connectivity index (χ1v) is 13.3. The van der Waals surface area contributed by atoms with Gasteiger partial charge in [0.05, 0.1) is 5.56 Å². The van der Waals surface area contributed by atoms with Gasteiger partial charge in [-0.25, -0.2) is 19.7 Å². The molecule has 16 heteroatoms. The Morgan fingerprint density at radius 3 is 2.36 bits per heavy atom. The lowest BCUT2D eigenvalue weighted by molar-refractivity contribution is -0.192. The van der Waals surface area contributed by atoms with E-state index >= 15 is 0 Å². The van der Waals surface area contributed by atoms with Crippen LogP contribution in [0.5, 0.6) is 0 Å². The molecule has 0 atom stereocenters. The molecule has 0 fully saturated rings. The van der Waals surface area contributed by atoms with Crippen LogP contribution in [0, 0.1) is 6.92 Å². The zero-order chi connectivity index (χ0) is 34.1. The molecule has 240 valence electrons. The highest BCUT2D eigenvalue weighted by atomic mass is 19.4. The first-order chi connectivity index (χ1) is 22.1. The SMILES string of the molecule is Cc1ccc(NC(=O)c2cc(-n3cnc(C=O)c3)cc(C(F)(F)F)c2)cc1-c1ccc2c(c1)[nH]c1ncncc12.O=C(O)C(F)(F)F. The third kappa shape index (κ3) is 7.11. The van der Waals surface area contributed by atoms with Gasteiger partial charge in [0, 0.05) is 45.6 Å². The highest BCUT2D eigenvalue weighted by Crippen LogP contribution is 2.34. The van der Waals surface area contributed by atoms with E-state index in [2.05, 4.69) is 25.3 Å². The predicted octanol–water partition coefficient (Wildman–Crippen LogP) is 6.99. The van der Waals surface area contributed by atoms with Crippen LogP contribution < -0.4 is 5.32 Å². The van der Waals surface area contributed by atoms with E-state index in [1.54, 1.807) is 18.3 Å². The molecule has 0 aliphatic heterocycles. The number of carbonyl (C=O) groups excluding carboxylic acids is 2. The summed E-state index contributed by atoms with van der Waals surface area (Å²) in [6.45, 7) is 1.93. The summed E-state index contributed by atoms with van der Waals surface area (Å²) in [5.74, 6) is -3.48. The number of aryl methyl sites for hydroxylation is 1. The summed E-state index contributed by atoms with van der Waals surface area (Å²) >= 11 is 0. The minimum absolute atomic E-state index is 0.0431. The Morgan fingerprint density at radius 1 is 0.957 bits per heavy atom. The Labute approximate surface area is 259 Å². The second-order valence-corrected chi connectivity index (χ2v) is 10.0. The van der Waals surface area contributed by atoms with Crippen LogP contribution in [0.15, 0.2) is 79.6 Å². The fraction of sp³-hybridized carbons (Fsp3) is 0.0968. The predicted molar refractivity (Wildman–Crippen MR) is 157 cm³/mol. The lowest BCUT2D eigenvalue weighted by Crippen LogP contribution is -2.21. The Morgan fingerprint density at radius 2 is 1.70 bits per heavy atom. The third-order valence-electron chi connectivity index (χ3n) is 6.85. The number of carboxylic acids is 1. The van der Waals surface area contributed by atoms with Crippen molar-refractivity contribution in [2.75, 3.05) is 5.32 Å². The van der Waals surface area contributed by atoms with Gasteiger partial charge in [-0.1, -0.05) is 18.2 Å². The largest absolute Gasteiger partial charge is 0.490 e. The number of halogens is 6. The summed E-state index contributed by atoms with van der Waals surface area (Å²) in [7, 11) is 0. The molecule has 6 rings (SSSR count). The van der Waals surface area contributed by atoms with Crippen LogP contribution in [-0.4, -0.2) is 53.9 Å². The molecule has 6 aromatic rings. The molecule has 0 bridgehead atoms. The number of amides is 1. The van der Waals surface area contributed by atoms with Gasteiger partial charge in [0.15, 0.2) is 6.29 Å². The minimum Gasteiger partial charge on any atom is -0.475 e. The zero-order valence-electron chi connectivity index (χ0n) is 23.8. The Hall–Kier alpha value is -6.06. The number of carboxylic acid groups (broad SMARTS) is 1. The average molecular weight is 655 g/mol. The second-order valence-electron chi connectivity index (χ2n) is 10.0. The molecule has 3 aromatic heterocycles. The first-order valence-electron chi connectivity index (χ1n) is 13.3. The van der Waals surface area contributed by atoms with Gasteiger partial charge in [-0.05, 0) is 60.0 Å². The minimum atomic E-state index is -5.08. The van der Waals surface area contributed by atoms with Gasteiger partial charge in [-0.3, -0.25) is 9.59 Å². The molecule has 47 heavy (non-hydrogen) atoms. The Kier molecular flexibility index (Phi) is 8.52. The van der Waals surface area contributed by atoms with Crippen molar-refractivity contribution in [3.63, 3.8) is 0 Å². The molecule has 3 N–H and O–H groups in total. The van der Waals surface area contributed by atoms with Crippen molar-refractivity contribution in [1.29, 1.82) is 0 Å². The van der Waals surface area contributed by atoms with Gasteiger partial charge in [0.25, 0.3) is 5.91 Å². The van der Waals surface area contributed by atoms with E-state index in [4.69, 9.17) is 9.90 Å². The number of nitrogens with one attached hydrogen (secondary N) is 2. The van der Waals surface area contributed by atoms with Crippen LogP contribution in [0.3, 0.4) is 0 Å². The maximum Gasteiger partial charge on any atom is 0.490 e. The molecule has 0 aliphatic rings. The van der Waals surface area contributed by atoms with E-state index in [1.807, 2.05) is 31.2 Å². The van der Waals surface area contributed by atoms with Gasteiger partial charge in [-0.2, -0.15) is 26.3 Å². The summed E-state index contributed by atoms with van der Waals surface area (Å²) in [4.78, 5) is 48.5. The van der Waals surface area contributed by atoms with Crippen molar-refractivity contribution in [3.05, 3.63) is 102 Å². The summed E-state index contributed by atoms with van der Waals surface area (Å²) in [6.07, 6.45) is -3.58. The Balaban J connectivity index is 0.000000559. The highest BCUT2D eigenvalue weighted by Gasteiger charge is 2.38. The second kappa shape index (κ2) is 12.4. The third-order valence-corrected chi connectivity index (χ3v) is 6.85. The van der Waals surface area contributed by atoms with E-state index in [-0.39, 0.29) is 16.9 Å². The molecular formula is C31H20F6N6O4. The number of anilines is 1. The smallest absolute Gasteiger partial charge is 0.475 e. The number of benzene rings is 3. The fourth-order valence-electron chi connectivity index (χ4n) is 4.61. The maximum absolute atomic E-state index is 13.7. The molecule has 3 aromatic carbocycles. The number of aliphatic carboxylic acids is 1. The summed E-state index contributed by atoms with van der Waals surface area (Å²) in [5, 5.41) is 11.7. The molecule has 10 nitrogen and oxygen atoms in total. The van der Waals surface area contributed by atoms with Crippen LogP contribution in [-0.2, 0) is 11.0 Å². The van der Waals surface area contributed by atoms with E-state index in [9.17, 15) is 35.9 Å². The van der Waals surface area contributed by atoms with Crippen molar-refractivity contribution in [1.82, 2.24) is 24.5 Å². The molecule has 0 unspecified atom stereocenters. The van der Waals surface area contributed by atoms with Crippen molar-refractivity contribution in [3.8, 4) is 16.8 Å². The number of fused-ring (bicyclic) bond motifs is 3. The number of aromatic nitrogens is 5. The van der Waals surface area contributed by atoms with Gasteiger partial charge in [-0.15, -0.1) is 0 Å². The number of rotatable bonds is 5. The molecule has 0 saturated carbocycles. The number of hydrogen-bond donors (Lipinski definition) is 3. The highest BCUT2D eigenvalue weighted by molar-refractivity contribution is 6.07. The van der Waals surface area contributed by atoms with Crippen LogP contribution in [0.1, 0.15) is 32.0 Å². The van der Waals surface area contributed by atoms with Crippen LogP contribution >= 0.6 is 0 Å². The van der Waals surface area contributed by atoms with Crippen molar-refractivity contribution < 1.29 is 45.8 Å². The van der Waals surface area contributed by atoms with Gasteiger partial charge >= 0.3 is 18.3 Å². The van der Waals surface area contributed by atoms with Crippen LogP contribution in [0.25, 0.3) is 38.8 Å². The molecule has 3 heterocycles. The summed E-state index contributed by atoms with van der Waals surface area (Å²) in [6, 6.07) is 14.2. The van der Waals surface area contributed by atoms with E-state index in [0.717, 1.165) is 50.8 Å². The van der Waals surface area contributed by atoms with Crippen LogP contribution in [0.4, 0.5) is 32.0 Å². The molecular weight excluding hydrogens is 634 g/mol. The number of aldehydes is 1. The molecule has 0 spiro atoms. The lowest BCUT2D eigenvalue weighted by Gasteiger charge is -2.14. The van der Waals surface area contributed by atoms with Gasteiger partial charge < -0.3 is 20.0 Å². The normalized spacial score (nSPS) is 11.6. The van der Waals surface area contributed by atoms with Gasteiger partial charge in [0.1, 0.15) is 24.0 Å². The number of aromatic amines is 1. The first kappa shape index (κ1) is 32.3. The monoisotopic (exact) mass is 654 g/mol. The van der Waals surface area contributed by atoms with Crippen molar-refractivity contribution in [2.24, 2.45) is 0 Å². The maximum atomic E-state index is 13.7. The molecule has 1 amide bonds. The molecule has 0 aliphatic carbocycles. The summed E-state index contributed by atoms with van der Waals surface area (Å²) < 4.78 is 74.0.